The summed E-state index contributed by atoms with van der Waals surface area (Å²) in [6.45, 7) is 3.65. The van der Waals surface area contributed by atoms with E-state index in [1.54, 1.807) is 49.4 Å². The Hall–Kier alpha value is -3.70. The van der Waals surface area contributed by atoms with Crippen LogP contribution in [-0.2, 0) is 10.1 Å². The zero-order chi connectivity index (χ0) is 27.6. The molecular formula is C26H21Cl2N3O6S. The van der Waals surface area contributed by atoms with E-state index >= 15 is 0 Å². The first-order valence-electron chi connectivity index (χ1n) is 11.2. The number of fused-ring (bicyclic) bond motifs is 1. The number of rotatable bonds is 7. The van der Waals surface area contributed by atoms with Gasteiger partial charge in [0.25, 0.3) is 16.0 Å². The van der Waals surface area contributed by atoms with Crippen LogP contribution in [0, 0.1) is 6.92 Å². The Labute approximate surface area is 228 Å². The Morgan fingerprint density at radius 2 is 1.79 bits per heavy atom. The molecule has 196 valence electrons. The van der Waals surface area contributed by atoms with E-state index in [9.17, 15) is 22.9 Å². The number of carbonyl (C=O) groups excluding carboxylic acids is 1. The molecule has 0 aromatic heterocycles. The van der Waals surface area contributed by atoms with Gasteiger partial charge in [-0.15, -0.1) is 10.2 Å². The normalized spacial score (nSPS) is 11.7. The van der Waals surface area contributed by atoms with Crippen LogP contribution in [-0.4, -0.2) is 30.6 Å². The summed E-state index contributed by atoms with van der Waals surface area (Å²) >= 11 is 12.6. The van der Waals surface area contributed by atoms with E-state index in [0.717, 1.165) is 6.07 Å². The number of hydrogen-bond acceptors (Lipinski definition) is 7. The van der Waals surface area contributed by atoms with Gasteiger partial charge in [0.1, 0.15) is 22.1 Å². The number of halogens is 2. The van der Waals surface area contributed by atoms with Crippen molar-refractivity contribution in [2.45, 2.75) is 18.7 Å². The second kappa shape index (κ2) is 11.0. The number of aromatic hydroxyl groups is 1. The van der Waals surface area contributed by atoms with Crippen LogP contribution >= 0.6 is 23.2 Å². The second-order valence-electron chi connectivity index (χ2n) is 8.09. The summed E-state index contributed by atoms with van der Waals surface area (Å²) < 4.78 is 38.4. The molecule has 0 saturated heterocycles. The number of phenols is 1. The number of azo groups is 1. The van der Waals surface area contributed by atoms with Crippen molar-refractivity contribution in [3.8, 4) is 11.5 Å². The van der Waals surface area contributed by atoms with Crippen LogP contribution in [0.2, 0.25) is 10.0 Å². The number of anilines is 1. The van der Waals surface area contributed by atoms with E-state index < -0.39 is 21.8 Å². The van der Waals surface area contributed by atoms with Gasteiger partial charge < -0.3 is 15.2 Å². The number of nitrogens with zero attached hydrogens (tertiary/aromatic N) is 2. The van der Waals surface area contributed by atoms with E-state index in [0.29, 0.717) is 23.1 Å². The summed E-state index contributed by atoms with van der Waals surface area (Å²) in [6, 6.07) is 15.7. The van der Waals surface area contributed by atoms with E-state index in [4.69, 9.17) is 27.9 Å². The maximum absolute atomic E-state index is 13.2. The number of carbonyl (C=O) groups is 1. The Kier molecular flexibility index (Phi) is 7.89. The highest BCUT2D eigenvalue weighted by Gasteiger charge is 2.21. The Balaban J connectivity index is 1.80. The van der Waals surface area contributed by atoms with Crippen molar-refractivity contribution in [2.24, 2.45) is 10.2 Å². The summed E-state index contributed by atoms with van der Waals surface area (Å²) in [6.07, 6.45) is 0. The van der Waals surface area contributed by atoms with Gasteiger partial charge in [-0.25, -0.2) is 0 Å². The van der Waals surface area contributed by atoms with E-state index in [-0.39, 0.29) is 43.1 Å². The molecule has 0 aliphatic rings. The molecule has 0 unspecified atom stereocenters. The van der Waals surface area contributed by atoms with Crippen LogP contribution in [0.4, 0.5) is 17.1 Å². The zero-order valence-corrected chi connectivity index (χ0v) is 22.4. The maximum atomic E-state index is 13.2. The van der Waals surface area contributed by atoms with Gasteiger partial charge in [0, 0.05) is 5.39 Å². The van der Waals surface area contributed by atoms with Crippen LogP contribution in [0.5, 0.6) is 11.5 Å². The third-order valence-electron chi connectivity index (χ3n) is 5.53. The third-order valence-corrected chi connectivity index (χ3v) is 7.22. The van der Waals surface area contributed by atoms with Crippen LogP contribution in [0.25, 0.3) is 10.8 Å². The number of aryl methyl sites for hydroxylation is 1. The molecule has 0 aliphatic heterocycles. The van der Waals surface area contributed by atoms with Crippen molar-refractivity contribution < 1.29 is 27.6 Å². The molecule has 0 aliphatic carbocycles. The zero-order valence-electron chi connectivity index (χ0n) is 20.1. The monoisotopic (exact) mass is 573 g/mol. The number of ether oxygens (including phenoxy) is 1. The fourth-order valence-corrected chi connectivity index (χ4v) is 4.97. The first-order valence-corrected chi connectivity index (χ1v) is 13.4. The van der Waals surface area contributed by atoms with Gasteiger partial charge in [0.15, 0.2) is 5.75 Å². The van der Waals surface area contributed by atoms with Crippen molar-refractivity contribution >= 4 is 67.1 Å². The number of amides is 1. The molecule has 1 amide bonds. The molecule has 4 rings (SSSR count). The van der Waals surface area contributed by atoms with Crippen molar-refractivity contribution in [3.05, 3.63) is 81.8 Å². The van der Waals surface area contributed by atoms with Gasteiger partial charge in [-0.1, -0.05) is 53.5 Å². The van der Waals surface area contributed by atoms with Crippen molar-refractivity contribution in [1.82, 2.24) is 0 Å². The van der Waals surface area contributed by atoms with E-state index in [2.05, 4.69) is 15.5 Å². The molecule has 0 bridgehead atoms. The molecule has 0 heterocycles. The van der Waals surface area contributed by atoms with Gasteiger partial charge in [0.2, 0.25) is 0 Å². The highest BCUT2D eigenvalue weighted by molar-refractivity contribution is 7.85. The Bertz CT molecular complexity index is 1710. The standard InChI is InChI=1S/C26H21Cl2N3O6S/c1-3-37-21-10-6-9-19(23(21)28)29-26(33)17-12-15-7-4-5-8-16(15)24(25(17)32)31-30-20-13-22(38(34,35)36)14(2)11-18(20)27/h4-13,32H,3H2,1-2H3,(H,29,33)(H,34,35,36). The topological polar surface area (TPSA) is 138 Å². The Morgan fingerprint density at radius 3 is 2.50 bits per heavy atom. The van der Waals surface area contributed by atoms with Gasteiger partial charge in [-0.05, 0) is 55.1 Å². The first-order chi connectivity index (χ1) is 18.0. The molecular weight excluding hydrogens is 553 g/mol. The van der Waals surface area contributed by atoms with Gasteiger partial charge in [0.05, 0.1) is 27.8 Å². The summed E-state index contributed by atoms with van der Waals surface area (Å²) in [7, 11) is -4.54. The van der Waals surface area contributed by atoms with E-state index in [1.807, 2.05) is 0 Å². The van der Waals surface area contributed by atoms with Crippen LogP contribution < -0.4 is 10.1 Å². The Morgan fingerprint density at radius 1 is 1.05 bits per heavy atom. The predicted molar refractivity (Wildman–Crippen MR) is 146 cm³/mol. The smallest absolute Gasteiger partial charge is 0.294 e. The lowest BCUT2D eigenvalue weighted by atomic mass is 10.0. The third kappa shape index (κ3) is 5.58. The van der Waals surface area contributed by atoms with Gasteiger partial charge >= 0.3 is 0 Å². The summed E-state index contributed by atoms with van der Waals surface area (Å²) in [5.41, 5.74) is 0.275. The molecule has 0 spiro atoms. The maximum Gasteiger partial charge on any atom is 0.294 e. The molecule has 4 aromatic rings. The predicted octanol–water partition coefficient (Wildman–Crippen LogP) is 7.47. The largest absolute Gasteiger partial charge is 0.505 e. The highest BCUT2D eigenvalue weighted by atomic mass is 35.5. The molecule has 0 atom stereocenters. The highest BCUT2D eigenvalue weighted by Crippen LogP contribution is 2.41. The fraction of sp³-hybridized carbons (Fsp3) is 0.115. The minimum absolute atomic E-state index is 0.0486. The molecule has 38 heavy (non-hydrogen) atoms. The van der Waals surface area contributed by atoms with Crippen molar-refractivity contribution in [1.29, 1.82) is 0 Å². The molecule has 0 radical (unpaired) electrons. The minimum Gasteiger partial charge on any atom is -0.505 e. The van der Waals surface area contributed by atoms with Crippen molar-refractivity contribution in [3.63, 3.8) is 0 Å². The van der Waals surface area contributed by atoms with Crippen LogP contribution in [0.3, 0.4) is 0 Å². The van der Waals surface area contributed by atoms with Crippen molar-refractivity contribution in [2.75, 3.05) is 11.9 Å². The summed E-state index contributed by atoms with van der Waals surface area (Å²) in [4.78, 5) is 12.8. The molecule has 3 N–H and O–H groups in total. The minimum atomic E-state index is -4.54. The number of benzene rings is 4. The fourth-order valence-electron chi connectivity index (χ4n) is 3.76. The SMILES string of the molecule is CCOc1cccc(NC(=O)c2cc3ccccc3c(N=Nc3cc(S(=O)(=O)O)c(C)cc3Cl)c2O)c1Cl. The average molecular weight is 574 g/mol. The molecule has 9 nitrogen and oxygen atoms in total. The number of phenolic OH excluding ortho intramolecular Hbond substituents is 1. The number of hydrogen-bond donors (Lipinski definition) is 3. The molecule has 12 heteroatoms. The molecule has 0 fully saturated rings. The van der Waals surface area contributed by atoms with Gasteiger partial charge in [-0.3, -0.25) is 9.35 Å². The van der Waals surface area contributed by atoms with E-state index in [1.165, 1.54) is 19.1 Å². The summed E-state index contributed by atoms with van der Waals surface area (Å²) in [5.74, 6) is -0.744. The van der Waals surface area contributed by atoms with Crippen LogP contribution in [0.15, 0.2) is 75.8 Å². The first kappa shape index (κ1) is 27.3. The average Bonchev–Trinajstić information content (AvgIpc) is 2.86. The summed E-state index contributed by atoms with van der Waals surface area (Å²) in [5, 5.41) is 23.2. The lowest BCUT2D eigenvalue weighted by Crippen LogP contribution is -2.13. The lowest BCUT2D eigenvalue weighted by Gasteiger charge is -2.13. The number of nitrogens with one attached hydrogen (secondary N) is 1. The quantitative estimate of drug-likeness (QED) is 0.155. The molecule has 4 aromatic carbocycles. The lowest BCUT2D eigenvalue weighted by molar-refractivity contribution is 0.102. The van der Waals surface area contributed by atoms with Gasteiger partial charge in [-0.2, -0.15) is 8.42 Å². The van der Waals surface area contributed by atoms with Crippen LogP contribution in [0.1, 0.15) is 22.8 Å². The second-order valence-corrected chi connectivity index (χ2v) is 10.3. The molecule has 0 saturated carbocycles.